The Morgan fingerprint density at radius 2 is 1.37 bits per heavy atom. The summed E-state index contributed by atoms with van der Waals surface area (Å²) in [5, 5.41) is 0. The molecule has 0 aromatic heterocycles. The molecule has 144 valence electrons. The van der Waals surface area contributed by atoms with Crippen molar-refractivity contribution in [3.8, 4) is 0 Å². The summed E-state index contributed by atoms with van der Waals surface area (Å²) in [6.07, 6.45) is 0. The second kappa shape index (κ2) is 7.44. The lowest BCUT2D eigenvalue weighted by molar-refractivity contribution is 0.312. The first-order valence-corrected chi connectivity index (χ1v) is 9.48. The summed E-state index contributed by atoms with van der Waals surface area (Å²) in [5.41, 5.74) is 4.01. The number of hydrogen-bond donors (Lipinski definition) is 0. The van der Waals surface area contributed by atoms with E-state index in [0.717, 1.165) is 51.0 Å². The molecule has 0 amide bonds. The van der Waals surface area contributed by atoms with E-state index in [4.69, 9.17) is 0 Å². The van der Waals surface area contributed by atoms with Crippen LogP contribution in [-0.4, -0.2) is 63.2 Å². The maximum atomic E-state index is 13.8. The van der Waals surface area contributed by atoms with Gasteiger partial charge in [-0.05, 0) is 50.0 Å². The van der Waals surface area contributed by atoms with Crippen molar-refractivity contribution < 1.29 is 8.78 Å². The average Bonchev–Trinajstić information content (AvgIpc) is 2.79. The molecule has 2 aromatic rings. The van der Waals surface area contributed by atoms with Gasteiger partial charge in [-0.25, -0.2) is 8.78 Å². The number of benzene rings is 2. The fourth-order valence-electron chi connectivity index (χ4n) is 3.95. The van der Waals surface area contributed by atoms with Gasteiger partial charge in [0, 0.05) is 68.9 Å². The highest BCUT2D eigenvalue weighted by molar-refractivity contribution is 5.70. The summed E-state index contributed by atoms with van der Waals surface area (Å²) in [7, 11) is 4.24. The smallest absolute Gasteiger partial charge is 0.128 e. The maximum absolute atomic E-state index is 13.8. The number of likely N-dealkylation sites (N-methyl/N-ethyl adjacent to an activating group) is 2. The number of rotatable bonds is 2. The third-order valence-electron chi connectivity index (χ3n) is 5.53. The molecular formula is C21H26F2N4. The van der Waals surface area contributed by atoms with Crippen LogP contribution < -0.4 is 9.80 Å². The molecule has 0 bridgehead atoms. The lowest BCUT2D eigenvalue weighted by Gasteiger charge is -2.34. The number of halogens is 2. The highest BCUT2D eigenvalue weighted by Crippen LogP contribution is 2.34. The van der Waals surface area contributed by atoms with Crippen molar-refractivity contribution in [3.05, 3.63) is 53.6 Å². The zero-order valence-corrected chi connectivity index (χ0v) is 16.0. The quantitative estimate of drug-likeness (QED) is 0.802. The molecule has 6 heteroatoms. The first kappa shape index (κ1) is 18.2. The zero-order chi connectivity index (χ0) is 19.0. The molecule has 1 saturated heterocycles. The van der Waals surface area contributed by atoms with E-state index in [9.17, 15) is 8.78 Å². The Bertz CT molecular complexity index is 798. The molecule has 4 rings (SSSR count). The number of nitrogens with zero attached hydrogens (tertiary/aromatic N) is 4. The van der Waals surface area contributed by atoms with E-state index in [-0.39, 0.29) is 0 Å². The molecule has 2 aliphatic heterocycles. The Morgan fingerprint density at radius 1 is 0.704 bits per heavy atom. The molecule has 0 aliphatic carbocycles. The first-order chi connectivity index (χ1) is 13.0. The summed E-state index contributed by atoms with van der Waals surface area (Å²) in [5.74, 6) is -1.09. The van der Waals surface area contributed by atoms with Crippen LogP contribution in [0, 0.1) is 11.6 Å². The van der Waals surface area contributed by atoms with Crippen LogP contribution in [-0.2, 0) is 6.54 Å². The second-order valence-corrected chi connectivity index (χ2v) is 7.62. The van der Waals surface area contributed by atoms with E-state index in [1.165, 1.54) is 23.4 Å². The highest BCUT2D eigenvalue weighted by atomic mass is 19.1. The van der Waals surface area contributed by atoms with Crippen molar-refractivity contribution in [2.24, 2.45) is 0 Å². The van der Waals surface area contributed by atoms with Crippen molar-refractivity contribution in [1.82, 2.24) is 9.80 Å². The third kappa shape index (κ3) is 3.92. The van der Waals surface area contributed by atoms with Crippen LogP contribution >= 0.6 is 0 Å². The van der Waals surface area contributed by atoms with Gasteiger partial charge in [-0.3, -0.25) is 0 Å². The molecule has 0 atom stereocenters. The third-order valence-corrected chi connectivity index (χ3v) is 5.53. The molecule has 0 unspecified atom stereocenters. The van der Waals surface area contributed by atoms with E-state index >= 15 is 0 Å². The van der Waals surface area contributed by atoms with E-state index in [0.29, 0.717) is 12.2 Å². The Morgan fingerprint density at radius 3 is 2.07 bits per heavy atom. The Kier molecular flexibility index (Phi) is 5.02. The molecule has 0 N–H and O–H groups in total. The molecule has 4 nitrogen and oxygen atoms in total. The molecule has 2 heterocycles. The van der Waals surface area contributed by atoms with Crippen molar-refractivity contribution >= 4 is 17.1 Å². The fraction of sp³-hybridized carbons (Fsp3) is 0.429. The van der Waals surface area contributed by atoms with Crippen molar-refractivity contribution in [2.75, 3.05) is 63.2 Å². The Labute approximate surface area is 159 Å². The monoisotopic (exact) mass is 372 g/mol. The van der Waals surface area contributed by atoms with E-state index < -0.39 is 11.6 Å². The zero-order valence-electron chi connectivity index (χ0n) is 16.0. The van der Waals surface area contributed by atoms with Gasteiger partial charge in [0.05, 0.1) is 0 Å². The standard InChI is InChI=1S/C21H26F2N4/c1-24-5-8-26(9-6-24)19-3-4-21-16(11-19)15-25(2)7-10-27(21)20-13-17(22)12-18(23)14-20/h3-4,11-14H,5-10,15H2,1-2H3. The van der Waals surface area contributed by atoms with Gasteiger partial charge >= 0.3 is 0 Å². The van der Waals surface area contributed by atoms with Crippen LogP contribution in [0.15, 0.2) is 36.4 Å². The maximum Gasteiger partial charge on any atom is 0.128 e. The largest absolute Gasteiger partial charge is 0.369 e. The SMILES string of the molecule is CN1CCN(c2ccc3c(c2)CN(C)CCN3c2cc(F)cc(F)c2)CC1. The molecule has 2 aromatic carbocycles. The molecular weight excluding hydrogens is 346 g/mol. The van der Waals surface area contributed by atoms with Gasteiger partial charge in [0.2, 0.25) is 0 Å². The average molecular weight is 372 g/mol. The van der Waals surface area contributed by atoms with Crippen LogP contribution in [0.3, 0.4) is 0 Å². The van der Waals surface area contributed by atoms with Crippen LogP contribution in [0.1, 0.15) is 5.56 Å². The lowest BCUT2D eigenvalue weighted by atomic mass is 10.1. The van der Waals surface area contributed by atoms with Gasteiger partial charge in [-0.2, -0.15) is 0 Å². The topological polar surface area (TPSA) is 13.0 Å². The molecule has 0 spiro atoms. The molecule has 0 radical (unpaired) electrons. The molecule has 0 saturated carbocycles. The van der Waals surface area contributed by atoms with E-state index in [1.807, 2.05) is 4.90 Å². The van der Waals surface area contributed by atoms with Crippen LogP contribution in [0.4, 0.5) is 25.8 Å². The summed E-state index contributed by atoms with van der Waals surface area (Å²) in [6.45, 7) is 6.51. The number of hydrogen-bond acceptors (Lipinski definition) is 4. The van der Waals surface area contributed by atoms with E-state index in [2.05, 4.69) is 47.0 Å². The van der Waals surface area contributed by atoms with E-state index in [1.54, 1.807) is 0 Å². The second-order valence-electron chi connectivity index (χ2n) is 7.62. The first-order valence-electron chi connectivity index (χ1n) is 9.48. The van der Waals surface area contributed by atoms with Crippen molar-refractivity contribution in [3.63, 3.8) is 0 Å². The fourth-order valence-corrected chi connectivity index (χ4v) is 3.95. The highest BCUT2D eigenvalue weighted by Gasteiger charge is 2.22. The number of piperazine rings is 1. The Hall–Kier alpha value is -2.18. The van der Waals surface area contributed by atoms with Gasteiger partial charge in [-0.1, -0.05) is 0 Å². The molecule has 27 heavy (non-hydrogen) atoms. The van der Waals surface area contributed by atoms with Gasteiger partial charge in [0.15, 0.2) is 0 Å². The molecule has 1 fully saturated rings. The van der Waals surface area contributed by atoms with Gasteiger partial charge in [0.25, 0.3) is 0 Å². The van der Waals surface area contributed by atoms with Gasteiger partial charge < -0.3 is 19.6 Å². The number of anilines is 3. The summed E-state index contributed by atoms with van der Waals surface area (Å²) >= 11 is 0. The normalized spacial score (nSPS) is 19.1. The predicted molar refractivity (Wildman–Crippen MR) is 106 cm³/mol. The van der Waals surface area contributed by atoms with Crippen LogP contribution in [0.2, 0.25) is 0 Å². The minimum Gasteiger partial charge on any atom is -0.369 e. The molecule has 2 aliphatic rings. The number of fused-ring (bicyclic) bond motifs is 1. The van der Waals surface area contributed by atoms with Gasteiger partial charge in [-0.15, -0.1) is 0 Å². The minimum absolute atomic E-state index is 0.543. The lowest BCUT2D eigenvalue weighted by Crippen LogP contribution is -2.44. The predicted octanol–water partition coefficient (Wildman–Crippen LogP) is 3.30. The van der Waals surface area contributed by atoms with Crippen molar-refractivity contribution in [2.45, 2.75) is 6.54 Å². The van der Waals surface area contributed by atoms with Crippen LogP contribution in [0.5, 0.6) is 0 Å². The Balaban J connectivity index is 1.69. The minimum atomic E-state index is -0.543. The summed E-state index contributed by atoms with van der Waals surface area (Å²) in [6, 6.07) is 10.2. The van der Waals surface area contributed by atoms with Crippen molar-refractivity contribution in [1.29, 1.82) is 0 Å². The summed E-state index contributed by atoms with van der Waals surface area (Å²) in [4.78, 5) is 9.03. The summed E-state index contributed by atoms with van der Waals surface area (Å²) < 4.78 is 27.6. The van der Waals surface area contributed by atoms with Gasteiger partial charge in [0.1, 0.15) is 11.6 Å². The van der Waals surface area contributed by atoms with Crippen LogP contribution in [0.25, 0.3) is 0 Å².